The molecule has 0 aromatic heterocycles. The quantitative estimate of drug-likeness (QED) is 0.824. The van der Waals surface area contributed by atoms with Crippen molar-refractivity contribution in [3.05, 3.63) is 28.8 Å². The lowest BCUT2D eigenvalue weighted by Crippen LogP contribution is -2.25. The van der Waals surface area contributed by atoms with Gasteiger partial charge in [0.1, 0.15) is 5.75 Å². The van der Waals surface area contributed by atoms with E-state index in [-0.39, 0.29) is 12.1 Å². The molecule has 0 saturated heterocycles. The largest absolute Gasteiger partial charge is 0.496 e. The molecule has 0 aliphatic carbocycles. The maximum atomic E-state index is 6.07. The molecule has 0 aliphatic rings. The zero-order chi connectivity index (χ0) is 13.5. The Labute approximate surface area is 114 Å². The number of benzene rings is 1. The van der Waals surface area contributed by atoms with Crippen LogP contribution in [-0.4, -0.2) is 26.9 Å². The third-order valence-electron chi connectivity index (χ3n) is 2.99. The number of hydrogen-bond donors (Lipinski definition) is 1. The molecule has 0 spiro atoms. The Morgan fingerprint density at radius 1 is 1.33 bits per heavy atom. The van der Waals surface area contributed by atoms with Crippen molar-refractivity contribution in [2.45, 2.75) is 32.4 Å². The highest BCUT2D eigenvalue weighted by molar-refractivity contribution is 6.30. The first-order valence-electron chi connectivity index (χ1n) is 6.22. The summed E-state index contributed by atoms with van der Waals surface area (Å²) in [4.78, 5) is 0. The molecule has 2 unspecified atom stereocenters. The van der Waals surface area contributed by atoms with E-state index in [0.717, 1.165) is 29.3 Å². The number of ether oxygens (including phenoxy) is 2. The molecule has 0 fully saturated rings. The van der Waals surface area contributed by atoms with Gasteiger partial charge in [0.25, 0.3) is 0 Å². The number of methoxy groups -OCH3 is 2. The first-order chi connectivity index (χ1) is 8.62. The lowest BCUT2D eigenvalue weighted by molar-refractivity contribution is 0.100. The smallest absolute Gasteiger partial charge is 0.123 e. The molecule has 0 aliphatic heterocycles. The summed E-state index contributed by atoms with van der Waals surface area (Å²) >= 11 is 6.07. The summed E-state index contributed by atoms with van der Waals surface area (Å²) in [6, 6.07) is 5.88. The van der Waals surface area contributed by atoms with Crippen molar-refractivity contribution in [2.75, 3.05) is 20.8 Å². The predicted molar refractivity (Wildman–Crippen MR) is 75.5 cm³/mol. The van der Waals surface area contributed by atoms with Crippen LogP contribution in [0.2, 0.25) is 5.02 Å². The summed E-state index contributed by atoms with van der Waals surface area (Å²) in [5.41, 5.74) is 1.08. The van der Waals surface area contributed by atoms with Crippen LogP contribution in [0.3, 0.4) is 0 Å². The van der Waals surface area contributed by atoms with Gasteiger partial charge in [-0.05, 0) is 38.1 Å². The lowest BCUT2D eigenvalue weighted by atomic mass is 10.00. The van der Waals surface area contributed by atoms with Gasteiger partial charge < -0.3 is 14.8 Å². The summed E-state index contributed by atoms with van der Waals surface area (Å²) in [5.74, 6) is 0.855. The summed E-state index contributed by atoms with van der Waals surface area (Å²) in [6.07, 6.45) is 1.05. The second-order valence-electron chi connectivity index (χ2n) is 4.28. The van der Waals surface area contributed by atoms with Gasteiger partial charge in [-0.25, -0.2) is 0 Å². The highest BCUT2D eigenvalue weighted by Gasteiger charge is 2.18. The second-order valence-corrected chi connectivity index (χ2v) is 4.71. The maximum Gasteiger partial charge on any atom is 0.123 e. The Kier molecular flexibility index (Phi) is 6.47. The van der Waals surface area contributed by atoms with E-state index in [1.165, 1.54) is 0 Å². The zero-order valence-electron chi connectivity index (χ0n) is 11.5. The summed E-state index contributed by atoms with van der Waals surface area (Å²) in [5, 5.41) is 4.17. The minimum Gasteiger partial charge on any atom is -0.496 e. The van der Waals surface area contributed by atoms with Crippen LogP contribution in [0.25, 0.3) is 0 Å². The first kappa shape index (κ1) is 15.3. The first-order valence-corrected chi connectivity index (χ1v) is 6.59. The van der Waals surface area contributed by atoms with E-state index in [2.05, 4.69) is 19.2 Å². The van der Waals surface area contributed by atoms with Gasteiger partial charge in [-0.2, -0.15) is 0 Å². The molecule has 1 rings (SSSR count). The minimum atomic E-state index is 0.178. The van der Waals surface area contributed by atoms with Crippen molar-refractivity contribution in [1.82, 2.24) is 5.32 Å². The average molecular weight is 272 g/mol. The Bertz CT molecular complexity index is 371. The molecule has 0 heterocycles. The normalized spacial score (nSPS) is 14.3. The lowest BCUT2D eigenvalue weighted by Gasteiger charge is -2.23. The fourth-order valence-electron chi connectivity index (χ4n) is 1.97. The van der Waals surface area contributed by atoms with Crippen molar-refractivity contribution in [2.24, 2.45) is 0 Å². The van der Waals surface area contributed by atoms with Gasteiger partial charge in [0.15, 0.2) is 0 Å². The molecular formula is C14H22ClNO2. The summed E-state index contributed by atoms with van der Waals surface area (Å²) < 4.78 is 10.7. The van der Waals surface area contributed by atoms with E-state index in [9.17, 15) is 0 Å². The standard InChI is InChI=1S/C14H22ClNO2/c1-5-16-13(8-10(2)17-3)12-9-11(15)6-7-14(12)18-4/h6-7,9-10,13,16H,5,8H2,1-4H3. The zero-order valence-corrected chi connectivity index (χ0v) is 12.3. The minimum absolute atomic E-state index is 0.178. The summed E-state index contributed by atoms with van der Waals surface area (Å²) in [7, 11) is 3.40. The maximum absolute atomic E-state index is 6.07. The molecule has 2 atom stereocenters. The van der Waals surface area contributed by atoms with Gasteiger partial charge in [0.05, 0.1) is 13.2 Å². The molecule has 0 bridgehead atoms. The Balaban J connectivity index is 2.99. The molecule has 3 nitrogen and oxygen atoms in total. The van der Waals surface area contributed by atoms with Crippen molar-refractivity contribution in [3.63, 3.8) is 0 Å². The van der Waals surface area contributed by atoms with E-state index in [1.807, 2.05) is 18.2 Å². The molecule has 0 radical (unpaired) electrons. The Hall–Kier alpha value is -0.770. The molecule has 1 N–H and O–H groups in total. The molecule has 0 saturated carbocycles. The Morgan fingerprint density at radius 3 is 2.61 bits per heavy atom. The van der Waals surface area contributed by atoms with Gasteiger partial charge in [-0.3, -0.25) is 0 Å². The van der Waals surface area contributed by atoms with Crippen LogP contribution >= 0.6 is 11.6 Å². The van der Waals surface area contributed by atoms with Crippen LogP contribution in [0.5, 0.6) is 5.75 Å². The monoisotopic (exact) mass is 271 g/mol. The molecule has 1 aromatic rings. The van der Waals surface area contributed by atoms with Gasteiger partial charge in [-0.15, -0.1) is 0 Å². The third-order valence-corrected chi connectivity index (χ3v) is 3.22. The Morgan fingerprint density at radius 2 is 2.06 bits per heavy atom. The van der Waals surface area contributed by atoms with Crippen LogP contribution in [0, 0.1) is 0 Å². The molecular weight excluding hydrogens is 250 g/mol. The fourth-order valence-corrected chi connectivity index (χ4v) is 2.15. The van der Waals surface area contributed by atoms with Crippen LogP contribution < -0.4 is 10.1 Å². The topological polar surface area (TPSA) is 30.5 Å². The van der Waals surface area contributed by atoms with E-state index in [0.29, 0.717) is 0 Å². The van der Waals surface area contributed by atoms with Crippen LogP contribution in [0.15, 0.2) is 18.2 Å². The average Bonchev–Trinajstić information content (AvgIpc) is 2.38. The predicted octanol–water partition coefficient (Wildman–Crippen LogP) is 3.42. The van der Waals surface area contributed by atoms with E-state index >= 15 is 0 Å². The molecule has 0 amide bonds. The fraction of sp³-hybridized carbons (Fsp3) is 0.571. The van der Waals surface area contributed by atoms with Crippen molar-refractivity contribution < 1.29 is 9.47 Å². The van der Waals surface area contributed by atoms with Crippen LogP contribution in [0.4, 0.5) is 0 Å². The van der Waals surface area contributed by atoms with Crippen molar-refractivity contribution in [1.29, 1.82) is 0 Å². The van der Waals surface area contributed by atoms with Crippen LogP contribution in [0.1, 0.15) is 31.9 Å². The van der Waals surface area contributed by atoms with E-state index in [4.69, 9.17) is 21.1 Å². The number of rotatable bonds is 7. The van der Waals surface area contributed by atoms with Crippen molar-refractivity contribution >= 4 is 11.6 Å². The third kappa shape index (κ3) is 4.16. The van der Waals surface area contributed by atoms with Gasteiger partial charge in [0, 0.05) is 23.7 Å². The molecule has 18 heavy (non-hydrogen) atoms. The number of nitrogens with one attached hydrogen (secondary N) is 1. The van der Waals surface area contributed by atoms with E-state index < -0.39 is 0 Å². The van der Waals surface area contributed by atoms with Crippen LogP contribution in [-0.2, 0) is 4.74 Å². The highest BCUT2D eigenvalue weighted by atomic mass is 35.5. The number of hydrogen-bond acceptors (Lipinski definition) is 3. The SMILES string of the molecule is CCNC(CC(C)OC)c1cc(Cl)ccc1OC. The summed E-state index contributed by atoms with van der Waals surface area (Å²) in [6.45, 7) is 5.03. The number of halogens is 1. The van der Waals surface area contributed by atoms with Crippen molar-refractivity contribution in [3.8, 4) is 5.75 Å². The van der Waals surface area contributed by atoms with Gasteiger partial charge in [0.2, 0.25) is 0 Å². The van der Waals surface area contributed by atoms with Gasteiger partial charge >= 0.3 is 0 Å². The highest BCUT2D eigenvalue weighted by Crippen LogP contribution is 2.31. The van der Waals surface area contributed by atoms with Gasteiger partial charge in [-0.1, -0.05) is 18.5 Å². The molecule has 1 aromatic carbocycles. The molecule has 102 valence electrons. The molecule has 4 heteroatoms. The van der Waals surface area contributed by atoms with E-state index in [1.54, 1.807) is 14.2 Å². The second kappa shape index (κ2) is 7.62.